The molecule has 2 N–H and O–H groups in total. The lowest BCUT2D eigenvalue weighted by Crippen LogP contribution is -2.16. The van der Waals surface area contributed by atoms with Crippen LogP contribution in [0.3, 0.4) is 0 Å². The van der Waals surface area contributed by atoms with Gasteiger partial charge in [-0.25, -0.2) is 8.42 Å². The first-order valence-corrected chi connectivity index (χ1v) is 7.48. The second-order valence-corrected chi connectivity index (χ2v) is 6.10. The molecule has 0 bridgehead atoms. The summed E-state index contributed by atoms with van der Waals surface area (Å²) in [6.45, 7) is 4.55. The molecule has 0 saturated carbocycles. The van der Waals surface area contributed by atoms with Crippen molar-refractivity contribution in [2.75, 3.05) is 4.72 Å². The predicted molar refractivity (Wildman–Crippen MR) is 73.9 cm³/mol. The SMILES string of the molecule is Cc1ccncc1NS(=O)(=O)c1c(C)oc(C)c1CO. The molecule has 0 radical (unpaired) electrons. The molecule has 0 spiro atoms. The summed E-state index contributed by atoms with van der Waals surface area (Å²) in [6, 6.07) is 1.71. The van der Waals surface area contributed by atoms with Crippen LogP contribution in [0.5, 0.6) is 0 Å². The summed E-state index contributed by atoms with van der Waals surface area (Å²) >= 11 is 0. The van der Waals surface area contributed by atoms with Gasteiger partial charge in [0.1, 0.15) is 16.4 Å². The molecule has 2 rings (SSSR count). The Kier molecular flexibility index (Phi) is 3.82. The van der Waals surface area contributed by atoms with Crippen molar-refractivity contribution in [3.05, 3.63) is 41.1 Å². The number of furan rings is 1. The van der Waals surface area contributed by atoms with E-state index in [-0.39, 0.29) is 16.2 Å². The fraction of sp³-hybridized carbons (Fsp3) is 0.308. The Morgan fingerprint density at radius 3 is 2.60 bits per heavy atom. The zero-order valence-corrected chi connectivity index (χ0v) is 12.3. The molecule has 20 heavy (non-hydrogen) atoms. The van der Waals surface area contributed by atoms with Gasteiger partial charge in [0, 0.05) is 11.8 Å². The van der Waals surface area contributed by atoms with Crippen molar-refractivity contribution in [3.63, 3.8) is 0 Å². The minimum Gasteiger partial charge on any atom is -0.465 e. The quantitative estimate of drug-likeness (QED) is 0.899. The molecule has 0 aliphatic heterocycles. The second-order valence-electron chi connectivity index (χ2n) is 4.48. The molecule has 6 nitrogen and oxygen atoms in total. The number of hydrogen-bond acceptors (Lipinski definition) is 5. The number of aromatic nitrogens is 1. The van der Waals surface area contributed by atoms with Crippen LogP contribution in [0.4, 0.5) is 5.69 Å². The number of pyridine rings is 1. The minimum atomic E-state index is -3.83. The van der Waals surface area contributed by atoms with Gasteiger partial charge in [0.15, 0.2) is 0 Å². The summed E-state index contributed by atoms with van der Waals surface area (Å²) in [5.41, 5.74) is 1.43. The van der Waals surface area contributed by atoms with Crippen LogP contribution in [0.15, 0.2) is 27.8 Å². The maximum atomic E-state index is 12.5. The number of anilines is 1. The zero-order chi connectivity index (χ0) is 14.9. The monoisotopic (exact) mass is 296 g/mol. The third-order valence-electron chi connectivity index (χ3n) is 3.04. The van der Waals surface area contributed by atoms with Crippen LogP contribution in [0, 0.1) is 20.8 Å². The third-order valence-corrected chi connectivity index (χ3v) is 4.60. The molecule has 0 amide bonds. The van der Waals surface area contributed by atoms with Crippen LogP contribution < -0.4 is 4.72 Å². The average molecular weight is 296 g/mol. The summed E-state index contributed by atoms with van der Waals surface area (Å²) < 4.78 is 32.7. The van der Waals surface area contributed by atoms with Crippen LogP contribution in [-0.2, 0) is 16.6 Å². The van der Waals surface area contributed by atoms with Crippen LogP contribution in [0.1, 0.15) is 22.6 Å². The largest absolute Gasteiger partial charge is 0.465 e. The highest BCUT2D eigenvalue weighted by atomic mass is 32.2. The van der Waals surface area contributed by atoms with Crippen LogP contribution >= 0.6 is 0 Å². The number of hydrogen-bond donors (Lipinski definition) is 2. The van der Waals surface area contributed by atoms with Crippen molar-refractivity contribution >= 4 is 15.7 Å². The Morgan fingerprint density at radius 2 is 2.00 bits per heavy atom. The molecule has 0 aliphatic carbocycles. The van der Waals surface area contributed by atoms with E-state index < -0.39 is 16.6 Å². The van der Waals surface area contributed by atoms with E-state index in [4.69, 9.17) is 4.42 Å². The first-order valence-electron chi connectivity index (χ1n) is 6.00. The number of rotatable bonds is 4. The van der Waals surface area contributed by atoms with Gasteiger partial charge in [0.2, 0.25) is 0 Å². The number of sulfonamides is 1. The molecular weight excluding hydrogens is 280 g/mol. The number of nitrogens with zero attached hydrogens (tertiary/aromatic N) is 1. The standard InChI is InChI=1S/C13H16N2O4S/c1-8-4-5-14-6-12(8)15-20(17,18)13-10(3)19-9(2)11(13)7-16/h4-6,15-16H,7H2,1-3H3. The van der Waals surface area contributed by atoms with Crippen molar-refractivity contribution in [3.8, 4) is 0 Å². The average Bonchev–Trinajstić information content (AvgIpc) is 2.67. The Hall–Kier alpha value is -1.86. The van der Waals surface area contributed by atoms with E-state index >= 15 is 0 Å². The van der Waals surface area contributed by atoms with E-state index in [1.807, 2.05) is 0 Å². The molecule has 0 aromatic carbocycles. The maximum absolute atomic E-state index is 12.5. The lowest BCUT2D eigenvalue weighted by atomic mass is 10.2. The molecule has 2 aromatic heterocycles. The number of nitrogens with one attached hydrogen (secondary N) is 1. The van der Waals surface area contributed by atoms with Gasteiger partial charge in [0.05, 0.1) is 18.5 Å². The highest BCUT2D eigenvalue weighted by molar-refractivity contribution is 7.92. The second kappa shape index (κ2) is 5.26. The van der Waals surface area contributed by atoms with E-state index in [9.17, 15) is 13.5 Å². The van der Waals surface area contributed by atoms with Gasteiger partial charge in [0.25, 0.3) is 10.0 Å². The van der Waals surface area contributed by atoms with E-state index in [2.05, 4.69) is 9.71 Å². The van der Waals surface area contributed by atoms with Crippen molar-refractivity contribution < 1.29 is 17.9 Å². The molecule has 0 saturated heterocycles. The zero-order valence-electron chi connectivity index (χ0n) is 11.5. The number of aryl methyl sites for hydroxylation is 3. The summed E-state index contributed by atoms with van der Waals surface area (Å²) in [7, 11) is -3.83. The van der Waals surface area contributed by atoms with Gasteiger partial charge in [-0.1, -0.05) is 0 Å². The minimum absolute atomic E-state index is 0.0132. The van der Waals surface area contributed by atoms with Gasteiger partial charge >= 0.3 is 0 Å². The molecule has 2 heterocycles. The summed E-state index contributed by atoms with van der Waals surface area (Å²) in [4.78, 5) is 3.88. The van der Waals surface area contributed by atoms with Crippen molar-refractivity contribution in [2.24, 2.45) is 0 Å². The third kappa shape index (κ3) is 2.54. The summed E-state index contributed by atoms with van der Waals surface area (Å²) in [6.07, 6.45) is 3.02. The molecule has 7 heteroatoms. The molecule has 0 atom stereocenters. The first-order chi connectivity index (χ1) is 9.36. The molecule has 0 fully saturated rings. The molecular formula is C13H16N2O4S. The highest BCUT2D eigenvalue weighted by Gasteiger charge is 2.27. The lowest BCUT2D eigenvalue weighted by Gasteiger charge is -2.10. The normalized spacial score (nSPS) is 11.6. The maximum Gasteiger partial charge on any atom is 0.265 e. The number of aliphatic hydroxyl groups excluding tert-OH is 1. The predicted octanol–water partition coefficient (Wildman–Crippen LogP) is 1.89. The highest BCUT2D eigenvalue weighted by Crippen LogP contribution is 2.28. The Balaban J connectivity index is 2.49. The van der Waals surface area contributed by atoms with Crippen LogP contribution in [0.2, 0.25) is 0 Å². The fourth-order valence-electron chi connectivity index (χ4n) is 2.01. The van der Waals surface area contributed by atoms with Gasteiger partial charge in [-0.3, -0.25) is 9.71 Å². The first kappa shape index (κ1) is 14.5. The van der Waals surface area contributed by atoms with Gasteiger partial charge in [-0.2, -0.15) is 0 Å². The summed E-state index contributed by atoms with van der Waals surface area (Å²) in [5.74, 6) is 0.647. The Morgan fingerprint density at radius 1 is 1.30 bits per heavy atom. The van der Waals surface area contributed by atoms with Crippen molar-refractivity contribution in [1.82, 2.24) is 4.98 Å². The fourth-order valence-corrected chi connectivity index (χ4v) is 3.57. The van der Waals surface area contributed by atoms with E-state index in [0.29, 0.717) is 11.4 Å². The Labute approximate surface area is 117 Å². The van der Waals surface area contributed by atoms with E-state index in [0.717, 1.165) is 5.56 Å². The van der Waals surface area contributed by atoms with Crippen LogP contribution in [-0.4, -0.2) is 18.5 Å². The number of aliphatic hydroxyl groups is 1. The van der Waals surface area contributed by atoms with Crippen molar-refractivity contribution in [2.45, 2.75) is 32.3 Å². The molecule has 0 aliphatic rings. The topological polar surface area (TPSA) is 92.4 Å². The van der Waals surface area contributed by atoms with E-state index in [1.165, 1.54) is 6.20 Å². The smallest absolute Gasteiger partial charge is 0.265 e. The van der Waals surface area contributed by atoms with Crippen LogP contribution in [0.25, 0.3) is 0 Å². The molecule has 108 valence electrons. The van der Waals surface area contributed by atoms with Crippen molar-refractivity contribution in [1.29, 1.82) is 0 Å². The van der Waals surface area contributed by atoms with E-state index in [1.54, 1.807) is 33.0 Å². The van der Waals surface area contributed by atoms with Gasteiger partial charge in [-0.15, -0.1) is 0 Å². The van der Waals surface area contributed by atoms with Gasteiger partial charge in [-0.05, 0) is 32.4 Å². The Bertz CT molecular complexity index is 735. The molecule has 0 unspecified atom stereocenters. The van der Waals surface area contributed by atoms with Gasteiger partial charge < -0.3 is 9.52 Å². The lowest BCUT2D eigenvalue weighted by molar-refractivity contribution is 0.276. The molecule has 2 aromatic rings. The summed E-state index contributed by atoms with van der Waals surface area (Å²) in [5, 5.41) is 9.33.